The molecule has 3 N–H and O–H groups in total. The maximum atomic E-state index is 9.39. The Morgan fingerprint density at radius 3 is 2.29 bits per heavy atom. The van der Waals surface area contributed by atoms with E-state index in [2.05, 4.69) is 20.8 Å². The highest BCUT2D eigenvalue weighted by atomic mass is 16.3. The van der Waals surface area contributed by atoms with Crippen molar-refractivity contribution in [3.05, 3.63) is 0 Å². The van der Waals surface area contributed by atoms with Crippen LogP contribution in [0.15, 0.2) is 0 Å². The first-order valence-corrected chi connectivity index (χ1v) is 5.91. The van der Waals surface area contributed by atoms with Crippen LogP contribution in [0.25, 0.3) is 0 Å². The standard InChI is InChI=1S/C12H27NO/c1-4-7-12(9-13,10-14)8-5-6-11(2)3/h11,14H,4-10,13H2,1-3H3. The van der Waals surface area contributed by atoms with E-state index in [-0.39, 0.29) is 12.0 Å². The summed E-state index contributed by atoms with van der Waals surface area (Å²) in [7, 11) is 0. The second-order valence-electron chi connectivity index (χ2n) is 4.90. The zero-order valence-corrected chi connectivity index (χ0v) is 10.1. The molecule has 0 aromatic heterocycles. The molecule has 0 heterocycles. The molecule has 0 aromatic rings. The molecule has 1 unspecified atom stereocenters. The van der Waals surface area contributed by atoms with Crippen molar-refractivity contribution in [3.8, 4) is 0 Å². The predicted octanol–water partition coefficient (Wildman–Crippen LogP) is 2.55. The van der Waals surface area contributed by atoms with E-state index >= 15 is 0 Å². The third-order valence-electron chi connectivity index (χ3n) is 3.04. The molecule has 0 aliphatic rings. The van der Waals surface area contributed by atoms with E-state index in [1.807, 2.05) is 0 Å². The van der Waals surface area contributed by atoms with Crippen LogP contribution in [-0.2, 0) is 0 Å². The van der Waals surface area contributed by atoms with Gasteiger partial charge in [-0.3, -0.25) is 0 Å². The van der Waals surface area contributed by atoms with Crippen molar-refractivity contribution in [2.45, 2.75) is 52.9 Å². The summed E-state index contributed by atoms with van der Waals surface area (Å²) in [6.45, 7) is 7.50. The molecule has 0 saturated heterocycles. The largest absolute Gasteiger partial charge is 0.396 e. The van der Waals surface area contributed by atoms with Gasteiger partial charge >= 0.3 is 0 Å². The highest BCUT2D eigenvalue weighted by Gasteiger charge is 2.26. The molecular formula is C12H27NO. The van der Waals surface area contributed by atoms with Crippen molar-refractivity contribution in [1.29, 1.82) is 0 Å². The maximum absolute atomic E-state index is 9.39. The molecule has 0 bridgehead atoms. The van der Waals surface area contributed by atoms with Crippen molar-refractivity contribution in [2.24, 2.45) is 17.1 Å². The molecule has 86 valence electrons. The number of nitrogens with two attached hydrogens (primary N) is 1. The van der Waals surface area contributed by atoms with Crippen LogP contribution in [0.2, 0.25) is 0 Å². The first-order valence-electron chi connectivity index (χ1n) is 5.91. The Morgan fingerprint density at radius 1 is 1.29 bits per heavy atom. The fourth-order valence-corrected chi connectivity index (χ4v) is 1.97. The monoisotopic (exact) mass is 201 g/mol. The van der Waals surface area contributed by atoms with E-state index in [0.29, 0.717) is 6.54 Å². The van der Waals surface area contributed by atoms with Gasteiger partial charge in [-0.25, -0.2) is 0 Å². The summed E-state index contributed by atoms with van der Waals surface area (Å²) in [5.74, 6) is 0.755. The Kier molecular flexibility index (Phi) is 7.20. The van der Waals surface area contributed by atoms with Gasteiger partial charge in [0.1, 0.15) is 0 Å². The summed E-state index contributed by atoms with van der Waals surface area (Å²) in [5, 5.41) is 9.39. The normalized spacial score (nSPS) is 15.9. The average Bonchev–Trinajstić information content (AvgIpc) is 2.16. The fraction of sp³-hybridized carbons (Fsp3) is 1.00. The van der Waals surface area contributed by atoms with Crippen LogP contribution >= 0.6 is 0 Å². The minimum Gasteiger partial charge on any atom is -0.396 e. The quantitative estimate of drug-likeness (QED) is 0.634. The van der Waals surface area contributed by atoms with E-state index in [1.165, 1.54) is 12.8 Å². The molecule has 0 aromatic carbocycles. The highest BCUT2D eigenvalue weighted by Crippen LogP contribution is 2.29. The first kappa shape index (κ1) is 13.9. The topological polar surface area (TPSA) is 46.2 Å². The molecule has 0 amide bonds. The zero-order chi connectivity index (χ0) is 11.0. The summed E-state index contributed by atoms with van der Waals surface area (Å²) < 4.78 is 0. The lowest BCUT2D eigenvalue weighted by Crippen LogP contribution is -2.34. The third-order valence-corrected chi connectivity index (χ3v) is 3.04. The second-order valence-corrected chi connectivity index (χ2v) is 4.90. The maximum Gasteiger partial charge on any atom is 0.0499 e. The lowest BCUT2D eigenvalue weighted by atomic mass is 9.79. The average molecular weight is 201 g/mol. The Balaban J connectivity index is 3.94. The van der Waals surface area contributed by atoms with Gasteiger partial charge in [0.05, 0.1) is 0 Å². The SMILES string of the molecule is CCCC(CN)(CO)CCCC(C)C. The van der Waals surface area contributed by atoms with Crippen molar-refractivity contribution >= 4 is 0 Å². The minimum atomic E-state index is 0.00361. The number of hydrogen-bond acceptors (Lipinski definition) is 2. The Bertz CT molecular complexity index is 130. The van der Waals surface area contributed by atoms with Crippen LogP contribution in [0.1, 0.15) is 52.9 Å². The van der Waals surface area contributed by atoms with E-state index < -0.39 is 0 Å². The molecule has 14 heavy (non-hydrogen) atoms. The molecule has 0 fully saturated rings. The molecule has 0 aliphatic carbocycles. The molecule has 0 saturated carbocycles. The lowest BCUT2D eigenvalue weighted by molar-refractivity contribution is 0.107. The van der Waals surface area contributed by atoms with Gasteiger partial charge in [-0.2, -0.15) is 0 Å². The van der Waals surface area contributed by atoms with Gasteiger partial charge in [0.2, 0.25) is 0 Å². The van der Waals surface area contributed by atoms with Gasteiger partial charge in [0, 0.05) is 18.6 Å². The number of aliphatic hydroxyl groups is 1. The van der Waals surface area contributed by atoms with Crippen LogP contribution in [0.3, 0.4) is 0 Å². The Morgan fingerprint density at radius 2 is 1.93 bits per heavy atom. The lowest BCUT2D eigenvalue weighted by Gasteiger charge is -2.30. The van der Waals surface area contributed by atoms with Crippen molar-refractivity contribution in [2.75, 3.05) is 13.2 Å². The molecule has 0 radical (unpaired) electrons. The molecule has 1 atom stereocenters. The molecule has 2 heteroatoms. The molecule has 0 rings (SSSR count). The van der Waals surface area contributed by atoms with Crippen LogP contribution in [0.5, 0.6) is 0 Å². The van der Waals surface area contributed by atoms with Gasteiger partial charge in [-0.1, -0.05) is 40.0 Å². The van der Waals surface area contributed by atoms with Gasteiger partial charge in [0.15, 0.2) is 0 Å². The Hall–Kier alpha value is -0.0800. The Labute approximate surface area is 88.9 Å². The van der Waals surface area contributed by atoms with E-state index in [9.17, 15) is 5.11 Å². The summed E-state index contributed by atoms with van der Waals surface area (Å²) in [4.78, 5) is 0. The summed E-state index contributed by atoms with van der Waals surface area (Å²) >= 11 is 0. The molecule has 0 aliphatic heterocycles. The minimum absolute atomic E-state index is 0.00361. The third kappa shape index (κ3) is 4.97. The summed E-state index contributed by atoms with van der Waals surface area (Å²) in [6.07, 6.45) is 5.67. The predicted molar refractivity (Wildman–Crippen MR) is 62.2 cm³/mol. The highest BCUT2D eigenvalue weighted by molar-refractivity contribution is 4.79. The summed E-state index contributed by atoms with van der Waals surface area (Å²) in [6, 6.07) is 0. The summed E-state index contributed by atoms with van der Waals surface area (Å²) in [5.41, 5.74) is 5.76. The number of rotatable bonds is 8. The van der Waals surface area contributed by atoms with Crippen molar-refractivity contribution in [3.63, 3.8) is 0 Å². The smallest absolute Gasteiger partial charge is 0.0499 e. The molecule has 0 spiro atoms. The van der Waals surface area contributed by atoms with Crippen molar-refractivity contribution < 1.29 is 5.11 Å². The van der Waals surface area contributed by atoms with E-state index in [0.717, 1.165) is 25.2 Å². The second kappa shape index (κ2) is 7.24. The molecular weight excluding hydrogens is 174 g/mol. The first-order chi connectivity index (χ1) is 6.60. The number of aliphatic hydroxyl groups excluding tert-OH is 1. The molecule has 2 nitrogen and oxygen atoms in total. The van der Waals surface area contributed by atoms with Gasteiger partial charge in [0.25, 0.3) is 0 Å². The van der Waals surface area contributed by atoms with E-state index in [4.69, 9.17) is 5.73 Å². The fourth-order valence-electron chi connectivity index (χ4n) is 1.97. The van der Waals surface area contributed by atoms with Crippen LogP contribution in [-0.4, -0.2) is 18.3 Å². The van der Waals surface area contributed by atoms with Gasteiger partial charge < -0.3 is 10.8 Å². The zero-order valence-electron chi connectivity index (χ0n) is 10.1. The van der Waals surface area contributed by atoms with Crippen LogP contribution in [0.4, 0.5) is 0 Å². The van der Waals surface area contributed by atoms with Gasteiger partial charge in [-0.15, -0.1) is 0 Å². The van der Waals surface area contributed by atoms with Crippen LogP contribution < -0.4 is 5.73 Å². The van der Waals surface area contributed by atoms with Crippen molar-refractivity contribution in [1.82, 2.24) is 0 Å². The van der Waals surface area contributed by atoms with E-state index in [1.54, 1.807) is 0 Å². The van der Waals surface area contributed by atoms with Gasteiger partial charge in [-0.05, 0) is 18.8 Å². The van der Waals surface area contributed by atoms with Crippen LogP contribution in [0, 0.1) is 11.3 Å². The number of hydrogen-bond donors (Lipinski definition) is 2.